The quantitative estimate of drug-likeness (QED) is 0.245. The minimum Gasteiger partial charge on any atom is -0.356 e. The lowest BCUT2D eigenvalue weighted by Crippen LogP contribution is -2.45. The lowest BCUT2D eigenvalue weighted by molar-refractivity contribution is -0.129. The first-order valence-corrected chi connectivity index (χ1v) is 13.8. The molecule has 0 radical (unpaired) electrons. The van der Waals surface area contributed by atoms with Gasteiger partial charge in [0.25, 0.3) is 5.91 Å². The van der Waals surface area contributed by atoms with Crippen LogP contribution in [0.5, 0.6) is 0 Å². The van der Waals surface area contributed by atoms with Gasteiger partial charge in [-0.15, -0.1) is 0 Å². The molecule has 2 aliphatic heterocycles. The van der Waals surface area contributed by atoms with Crippen molar-refractivity contribution in [1.29, 1.82) is 0 Å². The Labute approximate surface area is 235 Å². The number of hydrogen-bond acceptors (Lipinski definition) is 4. The molecular weight excluding hydrogens is 496 g/mol. The number of anilines is 2. The summed E-state index contributed by atoms with van der Waals surface area (Å²) >= 11 is 0. The summed E-state index contributed by atoms with van der Waals surface area (Å²) in [6.07, 6.45) is 4.69. The monoisotopic (exact) mass is 530 g/mol. The first kappa shape index (κ1) is 25.8. The molecule has 3 aromatic rings. The third-order valence-corrected chi connectivity index (χ3v) is 8.40. The number of nitrogens with zero attached hydrogens (tertiary/aromatic N) is 2. The van der Waals surface area contributed by atoms with Crippen molar-refractivity contribution >= 4 is 29.4 Å². The Hall–Kier alpha value is -4.45. The smallest absolute Gasteiger partial charge is 0.272 e. The largest absolute Gasteiger partial charge is 0.356 e. The van der Waals surface area contributed by atoms with Crippen molar-refractivity contribution in [2.45, 2.75) is 51.0 Å². The average molecular weight is 531 g/mol. The number of hydrogen-bond donors (Lipinski definition) is 2. The lowest BCUT2D eigenvalue weighted by atomic mass is 9.78. The van der Waals surface area contributed by atoms with E-state index in [-0.39, 0.29) is 17.2 Å². The molecule has 202 valence electrons. The van der Waals surface area contributed by atoms with Crippen LogP contribution in [0.1, 0.15) is 48.6 Å². The second kappa shape index (κ2) is 9.63. The fraction of sp³-hybridized carbons (Fsp3) is 0.265. The minimum atomic E-state index is -0.551. The molecule has 0 aromatic heterocycles. The number of nitrogens with one attached hydrogen (secondary N) is 2. The molecule has 6 rings (SSSR count). The van der Waals surface area contributed by atoms with Crippen LogP contribution in [-0.2, 0) is 39.8 Å². The molecule has 0 saturated carbocycles. The van der Waals surface area contributed by atoms with Gasteiger partial charge in [0.05, 0.1) is 5.41 Å². The van der Waals surface area contributed by atoms with Crippen molar-refractivity contribution in [3.8, 4) is 0 Å². The number of para-hydroxylation sites is 1. The predicted octanol–water partition coefficient (Wildman–Crippen LogP) is 5.90. The highest BCUT2D eigenvalue weighted by Gasteiger charge is 2.50. The standard InChI is InChI=1S/C34H34N4O2/c1-5-35-30(31(39)38-20-24-10-6-7-11-27(24)33(3,4)21-38)16-22(2)36-26-15-14-23-18-34(19-25(23)17-26)28-12-8-9-13-29(28)37-32(34)40/h5-17,36H,2,18-21H2,1,3-4H3,(H,37,40)/b30-16-,35-5?. The number of allylic oxidation sites excluding steroid dienone is 1. The van der Waals surface area contributed by atoms with E-state index < -0.39 is 5.41 Å². The summed E-state index contributed by atoms with van der Waals surface area (Å²) in [4.78, 5) is 33.0. The molecule has 2 amide bonds. The van der Waals surface area contributed by atoms with Crippen molar-refractivity contribution in [2.24, 2.45) is 4.99 Å². The summed E-state index contributed by atoms with van der Waals surface area (Å²) in [6.45, 7) is 11.5. The van der Waals surface area contributed by atoms with Crippen molar-refractivity contribution in [3.05, 3.63) is 119 Å². The molecule has 0 bridgehead atoms. The van der Waals surface area contributed by atoms with Crippen molar-refractivity contribution in [1.82, 2.24) is 4.90 Å². The number of benzene rings is 3. The normalized spacial score (nSPS) is 20.7. The second-order valence-electron chi connectivity index (χ2n) is 11.7. The maximum absolute atomic E-state index is 13.6. The maximum Gasteiger partial charge on any atom is 0.272 e. The molecule has 6 heteroatoms. The number of amides is 2. The van der Waals surface area contributed by atoms with Gasteiger partial charge in [-0.2, -0.15) is 0 Å². The summed E-state index contributed by atoms with van der Waals surface area (Å²) in [7, 11) is 0. The first-order valence-electron chi connectivity index (χ1n) is 13.8. The number of aliphatic imine (C=N–C) groups is 1. The van der Waals surface area contributed by atoms with E-state index in [0.717, 1.165) is 22.5 Å². The molecule has 0 saturated heterocycles. The van der Waals surface area contributed by atoms with Crippen LogP contribution in [0.25, 0.3) is 0 Å². The van der Waals surface area contributed by atoms with Crippen LogP contribution >= 0.6 is 0 Å². The van der Waals surface area contributed by atoms with Crippen LogP contribution in [0.4, 0.5) is 11.4 Å². The van der Waals surface area contributed by atoms with Crippen LogP contribution in [0.3, 0.4) is 0 Å². The van der Waals surface area contributed by atoms with E-state index in [1.165, 1.54) is 16.7 Å². The Morgan fingerprint density at radius 3 is 2.52 bits per heavy atom. The molecule has 3 aliphatic rings. The van der Waals surface area contributed by atoms with E-state index in [0.29, 0.717) is 37.3 Å². The third kappa shape index (κ3) is 4.34. The fourth-order valence-corrected chi connectivity index (χ4v) is 6.61. The SMILES string of the molecule is C=C(/C=C(\N=CC)C(=O)N1Cc2ccccc2C(C)(C)C1)Nc1ccc2c(c1)CC1(C2)C(=O)Nc2ccccc21. The maximum atomic E-state index is 13.6. The molecule has 1 spiro atoms. The Balaban J connectivity index is 1.20. The van der Waals surface area contributed by atoms with Gasteiger partial charge >= 0.3 is 0 Å². The Morgan fingerprint density at radius 1 is 1.00 bits per heavy atom. The summed E-state index contributed by atoms with van der Waals surface area (Å²) < 4.78 is 0. The van der Waals surface area contributed by atoms with E-state index in [1.54, 1.807) is 19.2 Å². The van der Waals surface area contributed by atoms with Gasteiger partial charge < -0.3 is 15.5 Å². The lowest BCUT2D eigenvalue weighted by Gasteiger charge is -2.40. The van der Waals surface area contributed by atoms with Gasteiger partial charge in [-0.1, -0.05) is 69.0 Å². The molecule has 6 nitrogen and oxygen atoms in total. The zero-order valence-corrected chi connectivity index (χ0v) is 23.3. The number of carbonyl (C=O) groups is 2. The summed E-state index contributed by atoms with van der Waals surface area (Å²) in [5, 5.41) is 6.41. The predicted molar refractivity (Wildman–Crippen MR) is 160 cm³/mol. The van der Waals surface area contributed by atoms with Gasteiger partial charge in [0.2, 0.25) is 5.91 Å². The molecule has 1 atom stereocenters. The number of rotatable bonds is 5. The van der Waals surface area contributed by atoms with Crippen LogP contribution < -0.4 is 10.6 Å². The van der Waals surface area contributed by atoms with Crippen LogP contribution in [0.15, 0.2) is 95.8 Å². The number of fused-ring (bicyclic) bond motifs is 4. The van der Waals surface area contributed by atoms with E-state index in [1.807, 2.05) is 35.2 Å². The van der Waals surface area contributed by atoms with Gasteiger partial charge in [0, 0.05) is 41.8 Å². The van der Waals surface area contributed by atoms with Gasteiger partial charge in [-0.05, 0) is 71.9 Å². The fourth-order valence-electron chi connectivity index (χ4n) is 6.61. The van der Waals surface area contributed by atoms with E-state index >= 15 is 0 Å². The van der Waals surface area contributed by atoms with Crippen LogP contribution in [0, 0.1) is 0 Å². The second-order valence-corrected chi connectivity index (χ2v) is 11.7. The summed E-state index contributed by atoms with van der Waals surface area (Å²) in [5.74, 6) is -0.0544. The molecule has 1 unspecified atom stereocenters. The van der Waals surface area contributed by atoms with Crippen molar-refractivity contribution < 1.29 is 9.59 Å². The van der Waals surface area contributed by atoms with E-state index in [4.69, 9.17) is 0 Å². The Kier molecular flexibility index (Phi) is 6.21. The molecule has 40 heavy (non-hydrogen) atoms. The zero-order chi connectivity index (χ0) is 28.1. The third-order valence-electron chi connectivity index (χ3n) is 8.40. The average Bonchev–Trinajstić information content (AvgIpc) is 3.44. The minimum absolute atomic E-state index is 0.0656. The molecular formula is C34H34N4O2. The van der Waals surface area contributed by atoms with Crippen LogP contribution in [-0.4, -0.2) is 29.5 Å². The topological polar surface area (TPSA) is 73.8 Å². The molecule has 0 fully saturated rings. The highest BCUT2D eigenvalue weighted by atomic mass is 16.2. The Morgan fingerprint density at radius 2 is 1.73 bits per heavy atom. The van der Waals surface area contributed by atoms with Gasteiger partial charge in [0.15, 0.2) is 0 Å². The van der Waals surface area contributed by atoms with Gasteiger partial charge in [0.1, 0.15) is 5.70 Å². The Bertz CT molecular complexity index is 1620. The number of carbonyl (C=O) groups excluding carboxylic acids is 2. The zero-order valence-electron chi connectivity index (χ0n) is 23.3. The molecule has 2 heterocycles. The summed E-state index contributed by atoms with van der Waals surface area (Å²) in [5.41, 5.74) is 7.83. The van der Waals surface area contributed by atoms with E-state index in [2.05, 4.69) is 72.5 Å². The van der Waals surface area contributed by atoms with E-state index in [9.17, 15) is 9.59 Å². The highest BCUT2D eigenvalue weighted by molar-refractivity contribution is 6.07. The molecule has 2 N–H and O–H groups in total. The highest BCUT2D eigenvalue weighted by Crippen LogP contribution is 2.47. The van der Waals surface area contributed by atoms with Crippen LogP contribution in [0.2, 0.25) is 0 Å². The first-order chi connectivity index (χ1) is 19.2. The van der Waals surface area contributed by atoms with Crippen molar-refractivity contribution in [3.63, 3.8) is 0 Å². The molecule has 3 aromatic carbocycles. The van der Waals surface area contributed by atoms with Gasteiger partial charge in [-0.3, -0.25) is 14.6 Å². The summed E-state index contributed by atoms with van der Waals surface area (Å²) in [6, 6.07) is 22.5. The van der Waals surface area contributed by atoms with Crippen molar-refractivity contribution in [2.75, 3.05) is 17.2 Å². The van der Waals surface area contributed by atoms with Gasteiger partial charge in [-0.25, -0.2) is 0 Å². The molecule has 1 aliphatic carbocycles.